The monoisotopic (exact) mass is 425 g/mol. The van der Waals surface area contributed by atoms with Crippen LogP contribution in [-0.4, -0.2) is 84.3 Å². The van der Waals surface area contributed by atoms with Gasteiger partial charge in [-0.05, 0) is 26.7 Å². The molecule has 0 radical (unpaired) electrons. The van der Waals surface area contributed by atoms with Gasteiger partial charge < -0.3 is 9.64 Å². The van der Waals surface area contributed by atoms with Crippen LogP contribution in [0.15, 0.2) is 12.4 Å². The van der Waals surface area contributed by atoms with Crippen molar-refractivity contribution in [2.45, 2.75) is 45.0 Å². The lowest BCUT2D eigenvalue weighted by Gasteiger charge is -2.36. The number of rotatable bonds is 5. The number of anilines is 1. The number of piperidine rings is 1. The molecular weight excluding hydrogens is 395 g/mol. The van der Waals surface area contributed by atoms with Crippen LogP contribution in [0.3, 0.4) is 0 Å². The van der Waals surface area contributed by atoms with E-state index in [1.54, 1.807) is 0 Å². The number of piperazine rings is 1. The van der Waals surface area contributed by atoms with Crippen LogP contribution >= 0.6 is 0 Å². The summed E-state index contributed by atoms with van der Waals surface area (Å²) in [4.78, 5) is 14.0. The molecule has 9 heteroatoms. The fourth-order valence-corrected chi connectivity index (χ4v) is 3.74. The Kier molecular flexibility index (Phi) is 7.92. The van der Waals surface area contributed by atoms with E-state index < -0.39 is 11.9 Å². The van der Waals surface area contributed by atoms with Gasteiger partial charge >= 0.3 is 6.18 Å². The lowest BCUT2D eigenvalue weighted by Crippen LogP contribution is -2.48. The summed E-state index contributed by atoms with van der Waals surface area (Å²) >= 11 is 0. The van der Waals surface area contributed by atoms with Crippen LogP contribution in [0.4, 0.5) is 19.0 Å². The summed E-state index contributed by atoms with van der Waals surface area (Å²) in [5.74, 6) is 6.60. The van der Waals surface area contributed by atoms with Gasteiger partial charge in [-0.1, -0.05) is 11.8 Å². The van der Waals surface area contributed by atoms with Crippen molar-refractivity contribution in [2.75, 3.05) is 57.3 Å². The van der Waals surface area contributed by atoms with Crippen molar-refractivity contribution in [1.82, 2.24) is 19.8 Å². The second kappa shape index (κ2) is 10.4. The van der Waals surface area contributed by atoms with E-state index in [-0.39, 0.29) is 6.10 Å². The maximum Gasteiger partial charge on any atom is 0.433 e. The molecule has 0 unspecified atom stereocenters. The van der Waals surface area contributed by atoms with Crippen LogP contribution in [-0.2, 0) is 10.9 Å². The fourth-order valence-electron chi connectivity index (χ4n) is 3.74. The van der Waals surface area contributed by atoms with Crippen LogP contribution in [0.25, 0.3) is 0 Å². The van der Waals surface area contributed by atoms with Gasteiger partial charge in [-0.15, -0.1) is 0 Å². The van der Waals surface area contributed by atoms with Crippen LogP contribution < -0.4 is 4.90 Å². The summed E-state index contributed by atoms with van der Waals surface area (Å²) in [6.45, 7) is 11.1. The number of aromatic nitrogens is 2. The van der Waals surface area contributed by atoms with Crippen molar-refractivity contribution < 1.29 is 17.9 Å². The molecule has 0 aromatic carbocycles. The van der Waals surface area contributed by atoms with Gasteiger partial charge in [-0.25, -0.2) is 9.97 Å². The summed E-state index contributed by atoms with van der Waals surface area (Å²) < 4.78 is 44.3. The van der Waals surface area contributed by atoms with Gasteiger partial charge in [0, 0.05) is 51.4 Å². The molecule has 1 aromatic rings. The van der Waals surface area contributed by atoms with Crippen LogP contribution in [0.1, 0.15) is 32.4 Å². The summed E-state index contributed by atoms with van der Waals surface area (Å²) in [6.07, 6.45) is -1.93. The van der Waals surface area contributed by atoms with Gasteiger partial charge in [-0.2, -0.15) is 13.2 Å². The van der Waals surface area contributed by atoms with Crippen molar-refractivity contribution in [2.24, 2.45) is 0 Å². The lowest BCUT2D eigenvalue weighted by molar-refractivity contribution is -0.141. The fraction of sp³-hybridized carbons (Fsp3) is 0.714. The second-order valence-corrected chi connectivity index (χ2v) is 8.02. The van der Waals surface area contributed by atoms with E-state index in [1.165, 1.54) is 0 Å². The molecule has 0 amide bonds. The minimum absolute atomic E-state index is 0.0778. The Morgan fingerprint density at radius 1 is 1.07 bits per heavy atom. The van der Waals surface area contributed by atoms with E-state index >= 15 is 0 Å². The summed E-state index contributed by atoms with van der Waals surface area (Å²) in [6, 6.07) is 1.60. The largest absolute Gasteiger partial charge is 0.433 e. The van der Waals surface area contributed by atoms with Gasteiger partial charge in [0.05, 0.1) is 12.6 Å². The maximum absolute atomic E-state index is 12.8. The topological polar surface area (TPSA) is 44.7 Å². The van der Waals surface area contributed by atoms with Gasteiger partial charge in [0.1, 0.15) is 24.4 Å². The number of hydrogen-bond donors (Lipinski definition) is 0. The van der Waals surface area contributed by atoms with E-state index in [9.17, 15) is 13.2 Å². The van der Waals surface area contributed by atoms with Crippen molar-refractivity contribution in [3.05, 3.63) is 18.1 Å². The molecule has 0 aliphatic carbocycles. The minimum Gasteiger partial charge on any atom is -0.365 e. The third-order valence-electron chi connectivity index (χ3n) is 5.67. The number of alkyl halides is 3. The molecular formula is C21H30F3N5O. The predicted octanol–water partition coefficient (Wildman–Crippen LogP) is 2.51. The average Bonchev–Trinajstić information content (AvgIpc) is 2.74. The molecule has 0 N–H and O–H groups in total. The maximum atomic E-state index is 12.8. The number of nitrogens with zero attached hydrogens (tertiary/aromatic N) is 5. The molecule has 3 heterocycles. The lowest BCUT2D eigenvalue weighted by atomic mass is 10.1. The van der Waals surface area contributed by atoms with Gasteiger partial charge in [0.2, 0.25) is 0 Å². The van der Waals surface area contributed by atoms with Crippen molar-refractivity contribution in [3.63, 3.8) is 0 Å². The average molecular weight is 425 g/mol. The van der Waals surface area contributed by atoms with Crippen LogP contribution in [0, 0.1) is 11.8 Å². The zero-order valence-electron chi connectivity index (χ0n) is 17.7. The van der Waals surface area contributed by atoms with Gasteiger partial charge in [0.25, 0.3) is 0 Å². The summed E-state index contributed by atoms with van der Waals surface area (Å²) in [5, 5.41) is 0. The molecule has 0 atom stereocenters. The van der Waals surface area contributed by atoms with Crippen LogP contribution in [0.5, 0.6) is 0 Å². The molecule has 0 spiro atoms. The van der Waals surface area contributed by atoms with E-state index in [4.69, 9.17) is 4.74 Å². The Labute approximate surface area is 176 Å². The first kappa shape index (κ1) is 22.8. The number of hydrogen-bond acceptors (Lipinski definition) is 6. The second-order valence-electron chi connectivity index (χ2n) is 8.02. The van der Waals surface area contributed by atoms with Crippen molar-refractivity contribution in [1.29, 1.82) is 0 Å². The summed E-state index contributed by atoms with van der Waals surface area (Å²) in [7, 11) is 0. The first-order chi connectivity index (χ1) is 14.3. The quantitative estimate of drug-likeness (QED) is 0.676. The molecule has 0 bridgehead atoms. The number of halogens is 3. The molecule has 3 rings (SSSR count). The standard InChI is InChI=1S/C21H30F3N5O/c1-17(2)28-12-10-27(11-13-28)7-3-4-14-30-18-5-8-29(9-6-18)20-15-19(21(22,23)24)25-16-26-20/h15-18H,5-14H2,1-2H3. The normalized spacial score (nSPS) is 19.7. The molecule has 166 valence electrons. The predicted molar refractivity (Wildman–Crippen MR) is 109 cm³/mol. The zero-order valence-corrected chi connectivity index (χ0v) is 17.7. The molecule has 2 aliphatic rings. The highest BCUT2D eigenvalue weighted by atomic mass is 19.4. The van der Waals surface area contributed by atoms with Crippen LogP contribution in [0.2, 0.25) is 0 Å². The summed E-state index contributed by atoms with van der Waals surface area (Å²) in [5.41, 5.74) is -0.910. The third-order valence-corrected chi connectivity index (χ3v) is 5.67. The number of ether oxygens (including phenoxy) is 1. The third kappa shape index (κ3) is 6.56. The van der Waals surface area contributed by atoms with Gasteiger partial charge in [0.15, 0.2) is 0 Å². The highest BCUT2D eigenvalue weighted by Gasteiger charge is 2.33. The molecule has 30 heavy (non-hydrogen) atoms. The first-order valence-corrected chi connectivity index (χ1v) is 10.5. The Morgan fingerprint density at radius 3 is 2.40 bits per heavy atom. The molecule has 0 saturated carbocycles. The van der Waals surface area contributed by atoms with Gasteiger partial charge in [-0.3, -0.25) is 9.80 Å². The van der Waals surface area contributed by atoms with E-state index in [1.807, 2.05) is 4.90 Å². The Morgan fingerprint density at radius 2 is 1.77 bits per heavy atom. The minimum atomic E-state index is -4.46. The Balaban J connectivity index is 1.35. The van der Waals surface area contributed by atoms with Crippen molar-refractivity contribution >= 4 is 5.82 Å². The molecule has 6 nitrogen and oxygen atoms in total. The van der Waals surface area contributed by atoms with E-state index in [0.29, 0.717) is 31.6 Å². The molecule has 2 fully saturated rings. The Bertz CT molecular complexity index is 730. The zero-order chi connectivity index (χ0) is 21.6. The van der Waals surface area contributed by atoms with Crippen molar-refractivity contribution in [3.8, 4) is 11.8 Å². The highest BCUT2D eigenvalue weighted by molar-refractivity contribution is 5.40. The first-order valence-electron chi connectivity index (χ1n) is 10.5. The Hall–Kier alpha value is -1.89. The molecule has 1 aromatic heterocycles. The van der Waals surface area contributed by atoms with E-state index in [0.717, 1.165) is 58.0 Å². The van der Waals surface area contributed by atoms with E-state index in [2.05, 4.69) is 45.5 Å². The highest BCUT2D eigenvalue weighted by Crippen LogP contribution is 2.29. The molecule has 2 saturated heterocycles. The smallest absolute Gasteiger partial charge is 0.365 e. The SMILES string of the molecule is CC(C)N1CCN(CC#CCOC2CCN(c3cc(C(F)(F)F)ncn3)CC2)CC1. The molecule has 2 aliphatic heterocycles.